The van der Waals surface area contributed by atoms with Crippen LogP contribution in [0.4, 0.5) is 0 Å². The summed E-state index contributed by atoms with van der Waals surface area (Å²) in [4.78, 5) is 0.846. The van der Waals surface area contributed by atoms with Gasteiger partial charge < -0.3 is 9.84 Å². The van der Waals surface area contributed by atoms with Gasteiger partial charge in [0.25, 0.3) is 0 Å². The van der Waals surface area contributed by atoms with Crippen molar-refractivity contribution in [1.29, 1.82) is 0 Å². The fraction of sp³-hybridized carbons (Fsp3) is 0.286. The zero-order valence-electron chi connectivity index (χ0n) is 11.4. The molecule has 7 heteroatoms. The second-order valence-electron chi connectivity index (χ2n) is 4.25. The number of hydrogen-bond acceptors (Lipinski definition) is 5. The lowest BCUT2D eigenvalue weighted by molar-refractivity contribution is 0.300. The molecular formula is C14H17NO4S2. The number of hydrogen-bond donors (Lipinski definition) is 2. The van der Waals surface area contributed by atoms with E-state index in [1.807, 2.05) is 30.3 Å². The van der Waals surface area contributed by atoms with Gasteiger partial charge in [-0.15, -0.1) is 11.3 Å². The molecular weight excluding hydrogens is 310 g/mol. The first-order valence-corrected chi connectivity index (χ1v) is 8.79. The van der Waals surface area contributed by atoms with E-state index < -0.39 is 10.0 Å². The summed E-state index contributed by atoms with van der Waals surface area (Å²) in [6, 6.07) is 12.5. The van der Waals surface area contributed by atoms with Crippen LogP contribution in [0.1, 0.15) is 4.88 Å². The summed E-state index contributed by atoms with van der Waals surface area (Å²) in [7, 11) is -3.51. The van der Waals surface area contributed by atoms with E-state index in [2.05, 4.69) is 4.72 Å². The van der Waals surface area contributed by atoms with Crippen molar-refractivity contribution in [2.45, 2.75) is 10.6 Å². The van der Waals surface area contributed by atoms with Gasteiger partial charge in [-0.1, -0.05) is 18.2 Å². The van der Waals surface area contributed by atoms with Crippen molar-refractivity contribution >= 4 is 21.4 Å². The third-order valence-corrected chi connectivity index (χ3v) is 5.76. The summed E-state index contributed by atoms with van der Waals surface area (Å²) < 4.78 is 32.3. The molecule has 1 aromatic carbocycles. The second kappa shape index (κ2) is 7.56. The van der Waals surface area contributed by atoms with Crippen molar-refractivity contribution in [3.05, 3.63) is 47.3 Å². The van der Waals surface area contributed by atoms with Crippen LogP contribution >= 0.6 is 11.3 Å². The largest absolute Gasteiger partial charge is 0.492 e. The molecule has 0 spiro atoms. The molecule has 2 aromatic rings. The van der Waals surface area contributed by atoms with Crippen LogP contribution < -0.4 is 9.46 Å². The van der Waals surface area contributed by atoms with Crippen molar-refractivity contribution in [1.82, 2.24) is 4.72 Å². The molecule has 0 bridgehead atoms. The van der Waals surface area contributed by atoms with Gasteiger partial charge in [-0.2, -0.15) is 0 Å². The molecule has 0 radical (unpaired) electrons. The van der Waals surface area contributed by atoms with Gasteiger partial charge in [-0.25, -0.2) is 13.1 Å². The number of benzene rings is 1. The molecule has 0 fully saturated rings. The maximum Gasteiger partial charge on any atom is 0.250 e. The molecule has 0 amide bonds. The monoisotopic (exact) mass is 327 g/mol. The highest BCUT2D eigenvalue weighted by Crippen LogP contribution is 2.21. The van der Waals surface area contributed by atoms with Crippen LogP contribution in [0, 0.1) is 0 Å². The number of thiophene rings is 1. The minimum atomic E-state index is -3.51. The van der Waals surface area contributed by atoms with Gasteiger partial charge in [-0.05, 0) is 24.3 Å². The average Bonchev–Trinajstić information content (AvgIpc) is 2.95. The van der Waals surface area contributed by atoms with E-state index in [0.717, 1.165) is 4.88 Å². The molecule has 0 saturated heterocycles. The van der Waals surface area contributed by atoms with Gasteiger partial charge in [0.05, 0.1) is 0 Å². The fourth-order valence-electron chi connectivity index (χ4n) is 1.68. The molecule has 0 saturated carbocycles. The molecule has 5 nitrogen and oxygen atoms in total. The highest BCUT2D eigenvalue weighted by Gasteiger charge is 2.16. The zero-order chi connectivity index (χ0) is 15.1. The van der Waals surface area contributed by atoms with Crippen LogP contribution in [0.5, 0.6) is 5.75 Å². The second-order valence-corrected chi connectivity index (χ2v) is 7.42. The minimum Gasteiger partial charge on any atom is -0.492 e. The first kappa shape index (κ1) is 16.0. The van der Waals surface area contributed by atoms with Crippen molar-refractivity contribution in [2.24, 2.45) is 0 Å². The van der Waals surface area contributed by atoms with Gasteiger partial charge in [0.2, 0.25) is 10.0 Å². The van der Waals surface area contributed by atoms with E-state index in [9.17, 15) is 8.42 Å². The molecule has 21 heavy (non-hydrogen) atoms. The number of aliphatic hydroxyl groups excluding tert-OH is 1. The molecule has 0 atom stereocenters. The Kier molecular flexibility index (Phi) is 5.75. The number of rotatable bonds is 8. The van der Waals surface area contributed by atoms with E-state index >= 15 is 0 Å². The highest BCUT2D eigenvalue weighted by molar-refractivity contribution is 7.91. The molecule has 2 rings (SSSR count). The molecule has 114 valence electrons. The Morgan fingerprint density at radius 2 is 1.90 bits per heavy atom. The Labute approximate surface area is 128 Å². The number of sulfonamides is 1. The van der Waals surface area contributed by atoms with Crippen LogP contribution in [0.25, 0.3) is 0 Å². The van der Waals surface area contributed by atoms with E-state index in [1.165, 1.54) is 11.3 Å². The third-order valence-electron chi connectivity index (χ3n) is 2.67. The first-order valence-electron chi connectivity index (χ1n) is 6.49. The Balaban J connectivity index is 1.83. The van der Waals surface area contributed by atoms with Crippen LogP contribution in [0.2, 0.25) is 0 Å². The summed E-state index contributed by atoms with van der Waals surface area (Å²) >= 11 is 1.17. The van der Waals surface area contributed by atoms with Crippen molar-refractivity contribution in [3.63, 3.8) is 0 Å². The Hall–Kier alpha value is -1.41. The van der Waals surface area contributed by atoms with Gasteiger partial charge in [0.1, 0.15) is 16.6 Å². The number of aliphatic hydroxyl groups is 1. The van der Waals surface area contributed by atoms with Crippen LogP contribution in [-0.4, -0.2) is 33.3 Å². The SMILES string of the molecule is O=S(=O)(NCCOc1ccccc1)c1ccc(CCO)s1. The van der Waals surface area contributed by atoms with Gasteiger partial charge in [0.15, 0.2) is 0 Å². The highest BCUT2D eigenvalue weighted by atomic mass is 32.2. The number of nitrogens with one attached hydrogen (secondary N) is 1. The van der Waals surface area contributed by atoms with Crippen LogP contribution in [0.15, 0.2) is 46.7 Å². The maximum atomic E-state index is 12.0. The molecule has 0 aliphatic rings. The lowest BCUT2D eigenvalue weighted by Gasteiger charge is -2.07. The summed E-state index contributed by atoms with van der Waals surface area (Å²) in [5, 5.41) is 8.84. The number of para-hydroxylation sites is 1. The standard InChI is InChI=1S/C14H17NO4S2/c16-10-8-13-6-7-14(20-13)21(17,18)15-9-11-19-12-4-2-1-3-5-12/h1-7,15-16H,8-11H2. The first-order chi connectivity index (χ1) is 10.1. The molecule has 1 aromatic heterocycles. The molecule has 0 aliphatic carbocycles. The predicted octanol–water partition coefficient (Wildman–Crippen LogP) is 1.64. The summed E-state index contributed by atoms with van der Waals surface area (Å²) in [5.41, 5.74) is 0. The molecule has 2 N–H and O–H groups in total. The normalized spacial score (nSPS) is 11.5. The fourth-order valence-corrected chi connectivity index (χ4v) is 4.08. The minimum absolute atomic E-state index is 0.0122. The summed E-state index contributed by atoms with van der Waals surface area (Å²) in [6.45, 7) is 0.473. The Morgan fingerprint density at radius 1 is 1.14 bits per heavy atom. The Morgan fingerprint density at radius 3 is 2.62 bits per heavy atom. The lowest BCUT2D eigenvalue weighted by Crippen LogP contribution is -2.27. The third kappa shape index (κ3) is 4.82. The zero-order valence-corrected chi connectivity index (χ0v) is 13.0. The predicted molar refractivity (Wildman–Crippen MR) is 82.2 cm³/mol. The van der Waals surface area contributed by atoms with Crippen molar-refractivity contribution in [3.8, 4) is 5.75 Å². The smallest absolute Gasteiger partial charge is 0.250 e. The lowest BCUT2D eigenvalue weighted by atomic mass is 10.3. The summed E-state index contributed by atoms with van der Waals surface area (Å²) in [6.07, 6.45) is 0.470. The Bertz CT molecular complexity index is 653. The maximum absolute atomic E-state index is 12.0. The molecule has 0 unspecified atom stereocenters. The number of ether oxygens (including phenoxy) is 1. The molecule has 0 aliphatic heterocycles. The van der Waals surface area contributed by atoms with Crippen molar-refractivity contribution in [2.75, 3.05) is 19.8 Å². The van der Waals surface area contributed by atoms with Gasteiger partial charge >= 0.3 is 0 Å². The van der Waals surface area contributed by atoms with E-state index in [0.29, 0.717) is 12.2 Å². The summed E-state index contributed by atoms with van der Waals surface area (Å²) in [5.74, 6) is 0.707. The van der Waals surface area contributed by atoms with Gasteiger partial charge in [0, 0.05) is 24.4 Å². The van der Waals surface area contributed by atoms with Gasteiger partial charge in [-0.3, -0.25) is 0 Å². The van der Waals surface area contributed by atoms with E-state index in [1.54, 1.807) is 12.1 Å². The van der Waals surface area contributed by atoms with E-state index in [-0.39, 0.29) is 24.0 Å². The quantitative estimate of drug-likeness (QED) is 0.723. The topological polar surface area (TPSA) is 75.6 Å². The average molecular weight is 327 g/mol. The van der Waals surface area contributed by atoms with Crippen LogP contribution in [0.3, 0.4) is 0 Å². The molecule has 1 heterocycles. The van der Waals surface area contributed by atoms with E-state index in [4.69, 9.17) is 9.84 Å². The van der Waals surface area contributed by atoms with Crippen LogP contribution in [-0.2, 0) is 16.4 Å². The van der Waals surface area contributed by atoms with Crippen molar-refractivity contribution < 1.29 is 18.3 Å².